The molecular formula is C15H18N2O3S. The highest BCUT2D eigenvalue weighted by Crippen LogP contribution is 2.26. The molecule has 1 unspecified atom stereocenters. The Hall–Kier alpha value is -1.66. The van der Waals surface area contributed by atoms with Gasteiger partial charge >= 0.3 is 0 Å². The van der Waals surface area contributed by atoms with Crippen molar-refractivity contribution >= 4 is 17.2 Å². The minimum Gasteiger partial charge on any atom is -0.462 e. The lowest BCUT2D eigenvalue weighted by atomic mass is 9.95. The first kappa shape index (κ1) is 14.3. The van der Waals surface area contributed by atoms with Gasteiger partial charge in [-0.1, -0.05) is 0 Å². The molecule has 1 aliphatic rings. The molecule has 1 N–H and O–H groups in total. The second-order valence-electron chi connectivity index (χ2n) is 5.29. The Morgan fingerprint density at radius 2 is 2.48 bits per heavy atom. The molecule has 0 bridgehead atoms. The quantitative estimate of drug-likeness (QED) is 0.943. The number of carbonyl (C=O) groups is 1. The van der Waals surface area contributed by atoms with E-state index < -0.39 is 0 Å². The van der Waals surface area contributed by atoms with Crippen molar-refractivity contribution in [1.82, 2.24) is 9.88 Å². The van der Waals surface area contributed by atoms with E-state index in [0.717, 1.165) is 30.8 Å². The first-order valence-corrected chi connectivity index (χ1v) is 8.05. The largest absolute Gasteiger partial charge is 0.462 e. The summed E-state index contributed by atoms with van der Waals surface area (Å²) in [6, 6.07) is 3.65. The second kappa shape index (κ2) is 6.41. The molecule has 112 valence electrons. The van der Waals surface area contributed by atoms with Gasteiger partial charge in [0.15, 0.2) is 10.8 Å². The van der Waals surface area contributed by atoms with Crippen molar-refractivity contribution in [3.8, 4) is 10.8 Å². The van der Waals surface area contributed by atoms with Gasteiger partial charge in [0.05, 0.1) is 6.26 Å². The van der Waals surface area contributed by atoms with Crippen LogP contribution in [0.25, 0.3) is 10.8 Å². The average Bonchev–Trinajstić information content (AvgIpc) is 3.18. The molecule has 21 heavy (non-hydrogen) atoms. The van der Waals surface area contributed by atoms with Gasteiger partial charge in [0.25, 0.3) is 5.91 Å². The van der Waals surface area contributed by atoms with Gasteiger partial charge in [-0.2, -0.15) is 0 Å². The number of aliphatic hydroxyl groups is 1. The van der Waals surface area contributed by atoms with E-state index >= 15 is 0 Å². The van der Waals surface area contributed by atoms with Gasteiger partial charge in [0.2, 0.25) is 0 Å². The number of hydrogen-bond acceptors (Lipinski definition) is 5. The van der Waals surface area contributed by atoms with Gasteiger partial charge in [-0.15, -0.1) is 11.3 Å². The lowest BCUT2D eigenvalue weighted by molar-refractivity contribution is 0.0648. The monoisotopic (exact) mass is 306 g/mol. The van der Waals surface area contributed by atoms with Crippen LogP contribution in [0.15, 0.2) is 28.2 Å². The summed E-state index contributed by atoms with van der Waals surface area (Å²) in [5.41, 5.74) is 0.482. The molecule has 6 heteroatoms. The number of likely N-dealkylation sites (tertiary alicyclic amines) is 1. The lowest BCUT2D eigenvalue weighted by Crippen LogP contribution is -2.40. The molecule has 0 aromatic carbocycles. The first-order valence-electron chi connectivity index (χ1n) is 7.17. The molecule has 0 saturated carbocycles. The minimum atomic E-state index is -0.0216. The van der Waals surface area contributed by atoms with E-state index in [1.807, 2.05) is 17.0 Å². The summed E-state index contributed by atoms with van der Waals surface area (Å²) < 4.78 is 5.30. The predicted molar refractivity (Wildman–Crippen MR) is 80.1 cm³/mol. The summed E-state index contributed by atoms with van der Waals surface area (Å²) in [5, 5.41) is 11.6. The van der Waals surface area contributed by atoms with Crippen molar-refractivity contribution in [3.63, 3.8) is 0 Å². The van der Waals surface area contributed by atoms with Crippen LogP contribution in [0.5, 0.6) is 0 Å². The zero-order valence-electron chi connectivity index (χ0n) is 11.7. The third-order valence-electron chi connectivity index (χ3n) is 3.80. The lowest BCUT2D eigenvalue weighted by Gasteiger charge is -2.32. The van der Waals surface area contributed by atoms with Crippen molar-refractivity contribution in [2.45, 2.75) is 19.3 Å². The highest BCUT2D eigenvalue weighted by molar-refractivity contribution is 7.13. The molecule has 2 aromatic heterocycles. The van der Waals surface area contributed by atoms with Crippen LogP contribution >= 0.6 is 11.3 Å². The summed E-state index contributed by atoms with van der Waals surface area (Å²) in [6.07, 6.45) is 4.44. The maximum atomic E-state index is 12.5. The average molecular weight is 306 g/mol. The number of carbonyl (C=O) groups excluding carboxylic acids is 1. The molecule has 1 atom stereocenters. The van der Waals surface area contributed by atoms with Crippen molar-refractivity contribution < 1.29 is 14.3 Å². The summed E-state index contributed by atoms with van der Waals surface area (Å²) in [6.45, 7) is 1.67. The number of aliphatic hydroxyl groups excluding tert-OH is 1. The van der Waals surface area contributed by atoms with Crippen LogP contribution in [0.1, 0.15) is 29.8 Å². The molecule has 5 nitrogen and oxygen atoms in total. The Balaban J connectivity index is 1.70. The van der Waals surface area contributed by atoms with Crippen molar-refractivity contribution in [1.29, 1.82) is 0 Å². The Kier molecular flexibility index (Phi) is 4.36. The van der Waals surface area contributed by atoms with E-state index in [4.69, 9.17) is 9.52 Å². The van der Waals surface area contributed by atoms with E-state index in [0.29, 0.717) is 23.9 Å². The zero-order valence-corrected chi connectivity index (χ0v) is 12.5. The third kappa shape index (κ3) is 3.16. The van der Waals surface area contributed by atoms with Crippen LogP contribution in [0.3, 0.4) is 0 Å². The predicted octanol–water partition coefficient (Wildman–Crippen LogP) is 2.64. The van der Waals surface area contributed by atoms with Crippen molar-refractivity contribution in [2.24, 2.45) is 5.92 Å². The number of nitrogens with zero attached hydrogens (tertiary/aromatic N) is 2. The fourth-order valence-corrected chi connectivity index (χ4v) is 3.48. The third-order valence-corrected chi connectivity index (χ3v) is 4.66. The molecule has 1 aliphatic heterocycles. The maximum absolute atomic E-state index is 12.5. The summed E-state index contributed by atoms with van der Waals surface area (Å²) in [7, 11) is 0. The summed E-state index contributed by atoms with van der Waals surface area (Å²) >= 11 is 1.42. The first-order chi connectivity index (χ1) is 10.3. The molecule has 1 saturated heterocycles. The molecule has 2 aromatic rings. The number of aromatic nitrogens is 1. The summed E-state index contributed by atoms with van der Waals surface area (Å²) in [4.78, 5) is 18.7. The Morgan fingerprint density at radius 3 is 3.24 bits per heavy atom. The van der Waals surface area contributed by atoms with Crippen molar-refractivity contribution in [3.05, 3.63) is 29.5 Å². The fraction of sp³-hybridized carbons (Fsp3) is 0.467. The van der Waals surface area contributed by atoms with Gasteiger partial charge < -0.3 is 14.4 Å². The molecular weight excluding hydrogens is 288 g/mol. The van der Waals surface area contributed by atoms with Gasteiger partial charge in [0.1, 0.15) is 5.69 Å². The van der Waals surface area contributed by atoms with E-state index in [1.165, 1.54) is 11.3 Å². The Morgan fingerprint density at radius 1 is 1.57 bits per heavy atom. The van der Waals surface area contributed by atoms with Gasteiger partial charge in [0, 0.05) is 25.1 Å². The SMILES string of the molecule is O=C(c1csc(-c2ccco2)n1)N1CCCC(CCO)C1. The van der Waals surface area contributed by atoms with E-state index in [1.54, 1.807) is 11.6 Å². The van der Waals surface area contributed by atoms with Gasteiger partial charge in [-0.3, -0.25) is 4.79 Å². The number of piperidine rings is 1. The second-order valence-corrected chi connectivity index (χ2v) is 6.15. The van der Waals surface area contributed by atoms with Crippen molar-refractivity contribution in [2.75, 3.05) is 19.7 Å². The van der Waals surface area contributed by atoms with E-state index in [-0.39, 0.29) is 12.5 Å². The van der Waals surface area contributed by atoms with Crippen LogP contribution in [0.4, 0.5) is 0 Å². The Labute approximate surface area is 127 Å². The number of rotatable bonds is 4. The number of hydrogen-bond donors (Lipinski definition) is 1. The molecule has 0 aliphatic carbocycles. The van der Waals surface area contributed by atoms with Crippen LogP contribution in [0.2, 0.25) is 0 Å². The number of furan rings is 1. The zero-order chi connectivity index (χ0) is 14.7. The van der Waals surface area contributed by atoms with Gasteiger partial charge in [-0.05, 0) is 37.3 Å². The van der Waals surface area contributed by atoms with Crippen LogP contribution < -0.4 is 0 Å². The molecule has 0 spiro atoms. The van der Waals surface area contributed by atoms with E-state index in [2.05, 4.69) is 4.98 Å². The molecule has 1 fully saturated rings. The standard InChI is InChI=1S/C15H18N2O3S/c18-7-5-11-3-1-6-17(9-11)15(19)12-10-21-14(16-12)13-4-2-8-20-13/h2,4,8,10-11,18H,1,3,5-7,9H2. The molecule has 3 rings (SSSR count). The van der Waals surface area contributed by atoms with E-state index in [9.17, 15) is 4.79 Å². The van der Waals surface area contributed by atoms with Crippen LogP contribution in [0, 0.1) is 5.92 Å². The maximum Gasteiger partial charge on any atom is 0.273 e. The van der Waals surface area contributed by atoms with Crippen LogP contribution in [-0.2, 0) is 0 Å². The smallest absolute Gasteiger partial charge is 0.273 e. The normalized spacial score (nSPS) is 18.9. The fourth-order valence-electron chi connectivity index (χ4n) is 2.72. The number of thiazole rings is 1. The highest BCUT2D eigenvalue weighted by Gasteiger charge is 2.25. The van der Waals surface area contributed by atoms with Crippen LogP contribution in [-0.4, -0.2) is 40.6 Å². The Bertz CT molecular complexity index is 592. The molecule has 1 amide bonds. The highest BCUT2D eigenvalue weighted by atomic mass is 32.1. The number of amides is 1. The summed E-state index contributed by atoms with van der Waals surface area (Å²) in [5.74, 6) is 1.07. The molecule has 0 radical (unpaired) electrons. The molecule has 3 heterocycles. The minimum absolute atomic E-state index is 0.0216. The topological polar surface area (TPSA) is 66.6 Å². The van der Waals surface area contributed by atoms with Gasteiger partial charge in [-0.25, -0.2) is 4.98 Å².